The van der Waals surface area contributed by atoms with E-state index in [2.05, 4.69) is 4.90 Å². The molecule has 1 fully saturated rings. The summed E-state index contributed by atoms with van der Waals surface area (Å²) >= 11 is 0. The van der Waals surface area contributed by atoms with Gasteiger partial charge in [0.2, 0.25) is 10.0 Å². The molecule has 5 rings (SSSR count). The second-order valence-corrected chi connectivity index (χ2v) is 12.0. The summed E-state index contributed by atoms with van der Waals surface area (Å²) in [6.07, 6.45) is 3.76. The van der Waals surface area contributed by atoms with Crippen molar-refractivity contribution in [1.82, 2.24) is 4.90 Å². The summed E-state index contributed by atoms with van der Waals surface area (Å²) < 4.78 is 41.8. The Morgan fingerprint density at radius 1 is 0.881 bits per heavy atom. The third-order valence-corrected chi connectivity index (χ3v) is 8.92. The Balaban J connectivity index is 1.56. The molecule has 0 unspecified atom stereocenters. The predicted molar refractivity (Wildman–Crippen MR) is 164 cm³/mol. The number of primary sulfonamides is 1. The van der Waals surface area contributed by atoms with Crippen LogP contribution in [0.1, 0.15) is 40.7 Å². The fraction of sp³-hybridized carbons (Fsp3) is 0.303. The molecule has 9 heteroatoms. The van der Waals surface area contributed by atoms with Crippen molar-refractivity contribution in [2.75, 3.05) is 40.5 Å². The number of piperidine rings is 1. The molecular weight excluding hydrogens is 552 g/mol. The van der Waals surface area contributed by atoms with Gasteiger partial charge in [-0.1, -0.05) is 18.6 Å². The molecule has 8 nitrogen and oxygen atoms in total. The maximum Gasteiger partial charge on any atom is 0.238 e. The number of methoxy groups -OCH3 is 2. The third kappa shape index (κ3) is 6.13. The monoisotopic (exact) mass is 588 g/mol. The van der Waals surface area contributed by atoms with Gasteiger partial charge in [0.25, 0.3) is 0 Å². The first-order chi connectivity index (χ1) is 20.2. The third-order valence-electron chi connectivity index (χ3n) is 7.87. The lowest BCUT2D eigenvalue weighted by molar-refractivity contribution is 0.104. The van der Waals surface area contributed by atoms with Gasteiger partial charge in [0.1, 0.15) is 23.9 Å². The van der Waals surface area contributed by atoms with Gasteiger partial charge in [-0.05, 0) is 109 Å². The van der Waals surface area contributed by atoms with Gasteiger partial charge >= 0.3 is 0 Å². The Hall–Kier alpha value is -3.92. The second-order valence-electron chi connectivity index (χ2n) is 10.5. The summed E-state index contributed by atoms with van der Waals surface area (Å²) in [6.45, 7) is 5.35. The largest absolute Gasteiger partial charge is 0.497 e. The highest BCUT2D eigenvalue weighted by molar-refractivity contribution is 7.89. The van der Waals surface area contributed by atoms with Crippen LogP contribution < -0.4 is 19.3 Å². The summed E-state index contributed by atoms with van der Waals surface area (Å²) in [5.41, 5.74) is 2.32. The maximum atomic E-state index is 14.3. The van der Waals surface area contributed by atoms with Crippen LogP contribution >= 0.6 is 0 Å². The van der Waals surface area contributed by atoms with Crippen LogP contribution in [0.2, 0.25) is 0 Å². The standard InChI is InChI=1S/C33H36N2O6S/c1-22-30(42(34,37)38)16-15-29(40-3)31(22)28-13-9-24-21-26(39-2)12-14-27(24)32(28)33(36)23-7-10-25(11-8-23)41-20-19-35-17-5-4-6-18-35/h7-16,21H,4-6,17-20H2,1-3H3,(H2,34,37,38). The summed E-state index contributed by atoms with van der Waals surface area (Å²) in [4.78, 5) is 16.7. The van der Waals surface area contributed by atoms with Crippen molar-refractivity contribution < 1.29 is 27.4 Å². The number of sulfonamides is 1. The lowest BCUT2D eigenvalue weighted by Crippen LogP contribution is -2.33. The quantitative estimate of drug-likeness (QED) is 0.241. The molecule has 0 atom stereocenters. The highest BCUT2D eigenvalue weighted by Gasteiger charge is 2.25. The predicted octanol–water partition coefficient (Wildman–Crippen LogP) is 5.58. The van der Waals surface area contributed by atoms with Crippen LogP contribution in [0.5, 0.6) is 17.2 Å². The van der Waals surface area contributed by atoms with E-state index >= 15 is 0 Å². The van der Waals surface area contributed by atoms with Gasteiger partial charge in [-0.25, -0.2) is 13.6 Å². The summed E-state index contributed by atoms with van der Waals surface area (Å²) in [5, 5.41) is 7.04. The fourth-order valence-corrected chi connectivity index (χ4v) is 6.48. The summed E-state index contributed by atoms with van der Waals surface area (Å²) in [7, 11) is -0.925. The molecule has 0 spiro atoms. The molecule has 220 valence electrons. The Morgan fingerprint density at radius 3 is 2.26 bits per heavy atom. The molecule has 4 aromatic carbocycles. The van der Waals surface area contributed by atoms with E-state index in [1.807, 2.05) is 36.4 Å². The van der Waals surface area contributed by atoms with Crippen molar-refractivity contribution in [3.63, 3.8) is 0 Å². The van der Waals surface area contributed by atoms with E-state index in [1.165, 1.54) is 32.4 Å². The number of hydrogen-bond acceptors (Lipinski definition) is 7. The number of nitrogens with zero attached hydrogens (tertiary/aromatic N) is 1. The van der Waals surface area contributed by atoms with Crippen LogP contribution in [0.15, 0.2) is 71.6 Å². The first kappa shape index (κ1) is 29.6. The number of ketones is 1. The number of ether oxygens (including phenoxy) is 3. The number of likely N-dealkylation sites (tertiary alicyclic amines) is 1. The molecule has 1 aliphatic heterocycles. The summed E-state index contributed by atoms with van der Waals surface area (Å²) in [5.74, 6) is 1.57. The van der Waals surface area contributed by atoms with E-state index in [0.717, 1.165) is 25.0 Å². The zero-order valence-electron chi connectivity index (χ0n) is 24.2. The van der Waals surface area contributed by atoms with Crippen LogP contribution in [0.25, 0.3) is 21.9 Å². The highest BCUT2D eigenvalue weighted by atomic mass is 32.2. The van der Waals surface area contributed by atoms with Crippen molar-refractivity contribution in [1.29, 1.82) is 0 Å². The molecule has 0 aromatic heterocycles. The van der Waals surface area contributed by atoms with Gasteiger partial charge in [0.15, 0.2) is 5.78 Å². The fourth-order valence-electron chi connectivity index (χ4n) is 5.69. The van der Waals surface area contributed by atoms with Gasteiger partial charge in [-0.15, -0.1) is 0 Å². The minimum atomic E-state index is -4.02. The lowest BCUT2D eigenvalue weighted by atomic mass is 9.87. The Kier molecular flexibility index (Phi) is 8.82. The molecule has 1 saturated heterocycles. The lowest BCUT2D eigenvalue weighted by Gasteiger charge is -2.26. The van der Waals surface area contributed by atoms with Gasteiger partial charge < -0.3 is 14.2 Å². The topological polar surface area (TPSA) is 108 Å². The van der Waals surface area contributed by atoms with Crippen molar-refractivity contribution in [3.8, 4) is 28.4 Å². The molecule has 4 aromatic rings. The Labute approximate surface area is 247 Å². The van der Waals surface area contributed by atoms with E-state index in [1.54, 1.807) is 38.3 Å². The van der Waals surface area contributed by atoms with Crippen LogP contribution in [0.3, 0.4) is 0 Å². The minimum absolute atomic E-state index is 0.0300. The van der Waals surface area contributed by atoms with Crippen molar-refractivity contribution in [3.05, 3.63) is 83.4 Å². The van der Waals surface area contributed by atoms with Gasteiger partial charge in [0.05, 0.1) is 19.1 Å². The van der Waals surface area contributed by atoms with Crippen molar-refractivity contribution >= 4 is 26.6 Å². The van der Waals surface area contributed by atoms with Crippen molar-refractivity contribution in [2.45, 2.75) is 31.1 Å². The zero-order chi connectivity index (χ0) is 29.9. The molecule has 2 N–H and O–H groups in total. The second kappa shape index (κ2) is 12.5. The summed E-state index contributed by atoms with van der Waals surface area (Å²) in [6, 6.07) is 19.3. The molecule has 1 heterocycles. The Bertz CT molecular complexity index is 1710. The molecule has 0 aliphatic carbocycles. The number of carbonyl (C=O) groups excluding carboxylic acids is 1. The molecule has 42 heavy (non-hydrogen) atoms. The highest BCUT2D eigenvalue weighted by Crippen LogP contribution is 2.41. The normalized spacial score (nSPS) is 14.1. The van der Waals surface area contributed by atoms with E-state index < -0.39 is 10.0 Å². The molecule has 0 saturated carbocycles. The van der Waals surface area contributed by atoms with Crippen molar-refractivity contribution in [2.24, 2.45) is 5.14 Å². The number of carbonyl (C=O) groups is 1. The first-order valence-electron chi connectivity index (χ1n) is 14.0. The number of hydrogen-bond donors (Lipinski definition) is 1. The van der Waals surface area contributed by atoms with Crippen LogP contribution in [-0.4, -0.2) is 59.6 Å². The van der Waals surface area contributed by atoms with Crippen LogP contribution in [0, 0.1) is 6.92 Å². The van der Waals surface area contributed by atoms with Gasteiger partial charge in [-0.3, -0.25) is 9.69 Å². The number of fused-ring (bicyclic) bond motifs is 1. The van der Waals surface area contributed by atoms with E-state index in [0.29, 0.717) is 57.1 Å². The average Bonchev–Trinajstić information content (AvgIpc) is 3.00. The zero-order valence-corrected chi connectivity index (χ0v) is 25.0. The minimum Gasteiger partial charge on any atom is -0.497 e. The van der Waals surface area contributed by atoms with Crippen LogP contribution in [0.4, 0.5) is 0 Å². The molecule has 0 amide bonds. The molecule has 1 aliphatic rings. The number of benzene rings is 4. The maximum absolute atomic E-state index is 14.3. The van der Waals surface area contributed by atoms with E-state index in [4.69, 9.17) is 19.3 Å². The van der Waals surface area contributed by atoms with Gasteiger partial charge in [0, 0.05) is 23.2 Å². The SMILES string of the molecule is COc1ccc2c(C(=O)c3ccc(OCCN4CCCCC4)cc3)c(-c3c(OC)ccc(S(N)(=O)=O)c3C)ccc2c1. The van der Waals surface area contributed by atoms with E-state index in [9.17, 15) is 13.2 Å². The van der Waals surface area contributed by atoms with Crippen LogP contribution in [-0.2, 0) is 10.0 Å². The molecule has 0 bridgehead atoms. The molecule has 0 radical (unpaired) electrons. The average molecular weight is 589 g/mol. The molecular formula is C33H36N2O6S. The van der Waals surface area contributed by atoms with E-state index in [-0.39, 0.29) is 10.7 Å². The smallest absolute Gasteiger partial charge is 0.238 e. The number of nitrogens with two attached hydrogens (primary N) is 1. The number of rotatable bonds is 10. The van der Waals surface area contributed by atoms with Gasteiger partial charge in [-0.2, -0.15) is 0 Å². The first-order valence-corrected chi connectivity index (χ1v) is 15.6. The Morgan fingerprint density at radius 2 is 1.60 bits per heavy atom.